The van der Waals surface area contributed by atoms with Gasteiger partial charge in [0, 0.05) is 5.56 Å². The minimum Gasteiger partial charge on any atom is -0.494 e. The van der Waals surface area contributed by atoms with Crippen molar-refractivity contribution in [1.29, 1.82) is 0 Å². The number of nitrogens with zero attached hydrogens (tertiary/aromatic N) is 2. The molecule has 0 spiro atoms. The Labute approximate surface area is 103 Å². The first-order valence-corrected chi connectivity index (χ1v) is 5.26. The molecule has 0 unspecified atom stereocenters. The van der Waals surface area contributed by atoms with E-state index in [0.717, 1.165) is 0 Å². The Morgan fingerprint density at radius 1 is 1.50 bits per heavy atom. The highest BCUT2D eigenvalue weighted by atomic mass is 19.1. The summed E-state index contributed by atoms with van der Waals surface area (Å²) in [5, 5.41) is 3.73. The summed E-state index contributed by atoms with van der Waals surface area (Å²) in [5.41, 5.74) is 0.562. The molecule has 5 nitrogen and oxygen atoms in total. The van der Waals surface area contributed by atoms with E-state index in [0.29, 0.717) is 11.4 Å². The summed E-state index contributed by atoms with van der Waals surface area (Å²) in [6.07, 6.45) is 0.0886. The van der Waals surface area contributed by atoms with Crippen LogP contribution >= 0.6 is 0 Å². The van der Waals surface area contributed by atoms with Crippen LogP contribution < -0.4 is 4.74 Å². The van der Waals surface area contributed by atoms with Gasteiger partial charge >= 0.3 is 0 Å². The van der Waals surface area contributed by atoms with Crippen LogP contribution in [-0.2, 0) is 11.2 Å². The highest BCUT2D eigenvalue weighted by Gasteiger charge is 2.12. The van der Waals surface area contributed by atoms with E-state index in [9.17, 15) is 9.18 Å². The third-order valence-corrected chi connectivity index (χ3v) is 2.28. The zero-order chi connectivity index (χ0) is 13.1. The monoisotopic (exact) mass is 250 g/mol. The Kier molecular flexibility index (Phi) is 3.36. The normalized spacial score (nSPS) is 10.4. The lowest BCUT2D eigenvalue weighted by Crippen LogP contribution is -1.96. The van der Waals surface area contributed by atoms with E-state index in [2.05, 4.69) is 10.1 Å². The summed E-state index contributed by atoms with van der Waals surface area (Å²) in [4.78, 5) is 15.0. The smallest absolute Gasteiger partial charge is 0.234 e. The van der Waals surface area contributed by atoms with Gasteiger partial charge < -0.3 is 9.26 Å². The van der Waals surface area contributed by atoms with E-state index in [4.69, 9.17) is 9.26 Å². The lowest BCUT2D eigenvalue weighted by molar-refractivity contribution is -0.116. The first kappa shape index (κ1) is 12.2. The van der Waals surface area contributed by atoms with Crippen molar-refractivity contribution >= 4 is 5.78 Å². The van der Waals surface area contributed by atoms with Gasteiger partial charge in [0.05, 0.1) is 13.5 Å². The number of ketones is 1. The van der Waals surface area contributed by atoms with Gasteiger partial charge in [0.25, 0.3) is 0 Å². The maximum absolute atomic E-state index is 13.2. The van der Waals surface area contributed by atoms with E-state index in [1.54, 1.807) is 0 Å². The first-order chi connectivity index (χ1) is 8.60. The molecule has 0 N–H and O–H groups in total. The van der Waals surface area contributed by atoms with Crippen molar-refractivity contribution in [2.24, 2.45) is 0 Å². The topological polar surface area (TPSA) is 65.2 Å². The third-order valence-electron chi connectivity index (χ3n) is 2.28. The van der Waals surface area contributed by atoms with Crippen molar-refractivity contribution in [3.05, 3.63) is 29.9 Å². The second kappa shape index (κ2) is 4.95. The number of hydrogen-bond acceptors (Lipinski definition) is 5. The molecule has 0 aliphatic carbocycles. The number of carbonyl (C=O) groups is 1. The van der Waals surface area contributed by atoms with Gasteiger partial charge in [-0.15, -0.1) is 0 Å². The summed E-state index contributed by atoms with van der Waals surface area (Å²) >= 11 is 0. The van der Waals surface area contributed by atoms with Crippen molar-refractivity contribution in [2.75, 3.05) is 7.11 Å². The molecule has 2 aromatic rings. The molecule has 0 amide bonds. The number of ether oxygens (including phenoxy) is 1. The van der Waals surface area contributed by atoms with Crippen LogP contribution in [0.15, 0.2) is 22.7 Å². The fourth-order valence-electron chi connectivity index (χ4n) is 1.46. The molecule has 0 saturated heterocycles. The lowest BCUT2D eigenvalue weighted by atomic mass is 10.2. The molecule has 0 atom stereocenters. The number of methoxy groups -OCH3 is 1. The number of halogens is 1. The van der Waals surface area contributed by atoms with Gasteiger partial charge in [0.15, 0.2) is 11.6 Å². The van der Waals surface area contributed by atoms with Crippen LogP contribution in [0, 0.1) is 5.82 Å². The third kappa shape index (κ3) is 2.53. The van der Waals surface area contributed by atoms with Gasteiger partial charge in [-0.3, -0.25) is 4.79 Å². The molecule has 1 heterocycles. The summed E-state index contributed by atoms with van der Waals surface area (Å²) in [7, 11) is 1.37. The molecular weight excluding hydrogens is 239 g/mol. The Balaban J connectivity index is 2.31. The van der Waals surface area contributed by atoms with Crippen LogP contribution in [-0.4, -0.2) is 23.0 Å². The largest absolute Gasteiger partial charge is 0.494 e. The number of hydrogen-bond donors (Lipinski definition) is 0. The van der Waals surface area contributed by atoms with Crippen LogP contribution in [0.25, 0.3) is 11.4 Å². The lowest BCUT2D eigenvalue weighted by Gasteiger charge is -2.02. The van der Waals surface area contributed by atoms with E-state index < -0.39 is 5.82 Å². The summed E-state index contributed by atoms with van der Waals surface area (Å²) in [6.45, 7) is 1.44. The summed E-state index contributed by atoms with van der Waals surface area (Å²) < 4.78 is 23.0. The van der Waals surface area contributed by atoms with Gasteiger partial charge in [-0.05, 0) is 25.1 Å². The minimum atomic E-state index is -0.464. The second-order valence-electron chi connectivity index (χ2n) is 3.74. The Morgan fingerprint density at radius 2 is 2.28 bits per heavy atom. The van der Waals surface area contributed by atoms with Crippen LogP contribution in [0.3, 0.4) is 0 Å². The molecule has 1 aromatic heterocycles. The van der Waals surface area contributed by atoms with Crippen LogP contribution in [0.2, 0.25) is 0 Å². The number of rotatable bonds is 4. The maximum atomic E-state index is 13.2. The number of aromatic nitrogens is 2. The fraction of sp³-hybridized carbons (Fsp3) is 0.250. The average molecular weight is 250 g/mol. The van der Waals surface area contributed by atoms with Crippen LogP contribution in [0.5, 0.6) is 5.75 Å². The van der Waals surface area contributed by atoms with Crippen LogP contribution in [0.1, 0.15) is 12.8 Å². The van der Waals surface area contributed by atoms with Gasteiger partial charge in [-0.25, -0.2) is 4.39 Å². The van der Waals surface area contributed by atoms with E-state index in [-0.39, 0.29) is 23.8 Å². The Bertz CT molecular complexity index is 580. The van der Waals surface area contributed by atoms with Gasteiger partial charge in [0.1, 0.15) is 5.78 Å². The fourth-order valence-corrected chi connectivity index (χ4v) is 1.46. The highest BCUT2D eigenvalue weighted by molar-refractivity contribution is 5.77. The second-order valence-corrected chi connectivity index (χ2v) is 3.74. The average Bonchev–Trinajstić information content (AvgIpc) is 2.77. The molecule has 6 heteroatoms. The summed E-state index contributed by atoms with van der Waals surface area (Å²) in [6, 6.07) is 4.24. The number of Topliss-reactive ketones (excluding diaryl/α,β-unsaturated/α-hetero) is 1. The van der Waals surface area contributed by atoms with E-state index >= 15 is 0 Å². The van der Waals surface area contributed by atoms with Gasteiger partial charge in [-0.1, -0.05) is 5.16 Å². The summed E-state index contributed by atoms with van der Waals surface area (Å²) in [5.74, 6) is 0.103. The quantitative estimate of drug-likeness (QED) is 0.830. The number of carbonyl (C=O) groups excluding carboxylic acids is 1. The van der Waals surface area contributed by atoms with Crippen molar-refractivity contribution in [3.8, 4) is 17.1 Å². The standard InChI is InChI=1S/C12H11FN2O3/c1-7(16)5-11-14-12(15-18-11)8-3-4-9(13)10(6-8)17-2/h3-4,6H,5H2,1-2H3. The van der Waals surface area contributed by atoms with E-state index in [1.807, 2.05) is 0 Å². The zero-order valence-corrected chi connectivity index (χ0v) is 9.94. The van der Waals surface area contributed by atoms with Crippen molar-refractivity contribution in [1.82, 2.24) is 10.1 Å². The highest BCUT2D eigenvalue weighted by Crippen LogP contribution is 2.24. The Morgan fingerprint density at radius 3 is 2.94 bits per heavy atom. The molecule has 2 rings (SSSR count). The maximum Gasteiger partial charge on any atom is 0.234 e. The van der Waals surface area contributed by atoms with Crippen LogP contribution in [0.4, 0.5) is 4.39 Å². The molecule has 0 radical (unpaired) electrons. The molecule has 0 fully saturated rings. The zero-order valence-electron chi connectivity index (χ0n) is 9.94. The molecular formula is C12H11FN2O3. The van der Waals surface area contributed by atoms with Gasteiger partial charge in [-0.2, -0.15) is 4.98 Å². The van der Waals surface area contributed by atoms with Gasteiger partial charge in [0.2, 0.25) is 11.7 Å². The minimum absolute atomic E-state index is 0.0677. The van der Waals surface area contributed by atoms with E-state index in [1.165, 1.54) is 32.2 Å². The Hall–Kier alpha value is -2.24. The predicted octanol–water partition coefficient (Wildman–Crippen LogP) is 2.02. The molecule has 0 aliphatic heterocycles. The molecule has 1 aromatic carbocycles. The molecule has 18 heavy (non-hydrogen) atoms. The van der Waals surface area contributed by atoms with Crippen molar-refractivity contribution in [2.45, 2.75) is 13.3 Å². The SMILES string of the molecule is COc1cc(-c2noc(CC(C)=O)n2)ccc1F. The first-order valence-electron chi connectivity index (χ1n) is 5.26. The molecule has 94 valence electrons. The van der Waals surface area contributed by atoms with Crippen molar-refractivity contribution < 1.29 is 18.4 Å². The number of benzene rings is 1. The predicted molar refractivity (Wildman–Crippen MR) is 60.6 cm³/mol. The molecule has 0 saturated carbocycles. The molecule has 0 aliphatic rings. The molecule has 0 bridgehead atoms. The van der Waals surface area contributed by atoms with Crippen molar-refractivity contribution in [3.63, 3.8) is 0 Å².